The Morgan fingerprint density at radius 3 is 2.07 bits per heavy atom. The Labute approximate surface area is 178 Å². The molecule has 5 heteroatoms. The summed E-state index contributed by atoms with van der Waals surface area (Å²) in [7, 11) is 0. The number of aliphatic imine (C=N–C) groups is 1. The van der Waals surface area contributed by atoms with Gasteiger partial charge in [0.15, 0.2) is 0 Å². The summed E-state index contributed by atoms with van der Waals surface area (Å²) in [5, 5.41) is 12.0. The van der Waals surface area contributed by atoms with Crippen molar-refractivity contribution in [3.63, 3.8) is 0 Å². The van der Waals surface area contributed by atoms with E-state index < -0.39 is 0 Å². The van der Waals surface area contributed by atoms with Crippen molar-refractivity contribution < 1.29 is 9.90 Å². The average molecular weight is 410 g/mol. The normalized spacial score (nSPS) is 12.7. The summed E-state index contributed by atoms with van der Waals surface area (Å²) in [5.74, 6) is 0.405. The Morgan fingerprint density at radius 2 is 1.40 bits per heavy atom. The summed E-state index contributed by atoms with van der Waals surface area (Å²) in [6, 6.07) is 29.2. The van der Waals surface area contributed by atoms with Gasteiger partial charge in [-0.3, -0.25) is 9.36 Å². The zero-order valence-corrected chi connectivity index (χ0v) is 16.8. The van der Waals surface area contributed by atoms with Gasteiger partial charge in [0.05, 0.1) is 21.9 Å². The molecular weight excluding hydrogens is 392 g/mol. The maximum atomic E-state index is 13.0. The molecule has 4 aromatic rings. The Balaban J connectivity index is 1.67. The van der Waals surface area contributed by atoms with Gasteiger partial charge in [-0.1, -0.05) is 78.9 Å². The van der Waals surface area contributed by atoms with E-state index in [4.69, 9.17) is 0 Å². The van der Waals surface area contributed by atoms with Gasteiger partial charge in [0, 0.05) is 17.0 Å². The van der Waals surface area contributed by atoms with Gasteiger partial charge < -0.3 is 5.11 Å². The van der Waals surface area contributed by atoms with E-state index in [2.05, 4.69) is 17.1 Å². The molecule has 0 atom stereocenters. The molecule has 0 saturated carbocycles. The maximum Gasteiger partial charge on any atom is 0.281 e. The Hall–Kier alpha value is -3.57. The first-order valence-corrected chi connectivity index (χ1v) is 10.6. The van der Waals surface area contributed by atoms with Gasteiger partial charge in [0.2, 0.25) is 5.88 Å². The number of benzene rings is 3. The van der Waals surface area contributed by atoms with Crippen LogP contribution in [-0.2, 0) is 5.75 Å². The number of amides is 1. The molecule has 3 aromatic carbocycles. The largest absolute Gasteiger partial charge is 0.494 e. The number of aromatic hydroxyl groups is 1. The van der Waals surface area contributed by atoms with E-state index in [1.165, 1.54) is 11.8 Å². The van der Waals surface area contributed by atoms with Crippen molar-refractivity contribution in [1.82, 2.24) is 4.57 Å². The molecule has 0 saturated heterocycles. The number of hydrogen-bond acceptors (Lipinski definition) is 3. The van der Waals surface area contributed by atoms with Crippen LogP contribution in [0.25, 0.3) is 5.69 Å². The summed E-state index contributed by atoms with van der Waals surface area (Å²) >= 11 is 1.53. The molecule has 0 aliphatic carbocycles. The fourth-order valence-electron chi connectivity index (χ4n) is 3.66. The molecule has 0 spiro atoms. The van der Waals surface area contributed by atoms with Gasteiger partial charge in [-0.2, -0.15) is 0 Å². The Morgan fingerprint density at radius 1 is 0.800 bits per heavy atom. The molecule has 146 valence electrons. The monoisotopic (exact) mass is 410 g/mol. The van der Waals surface area contributed by atoms with Gasteiger partial charge in [0.1, 0.15) is 0 Å². The lowest BCUT2D eigenvalue weighted by Crippen LogP contribution is -2.02. The first-order valence-electron chi connectivity index (χ1n) is 9.62. The quantitative estimate of drug-likeness (QED) is 0.444. The summed E-state index contributed by atoms with van der Waals surface area (Å²) < 4.78 is 1.76. The van der Waals surface area contributed by atoms with Gasteiger partial charge in [0.25, 0.3) is 5.91 Å². The Bertz CT molecular complexity index is 1250. The lowest BCUT2D eigenvalue weighted by Gasteiger charge is -2.12. The van der Waals surface area contributed by atoms with Crippen LogP contribution in [0, 0.1) is 0 Å². The lowest BCUT2D eigenvalue weighted by molar-refractivity contribution is 0.100. The molecule has 2 heterocycles. The second-order valence-corrected chi connectivity index (χ2v) is 7.92. The summed E-state index contributed by atoms with van der Waals surface area (Å²) in [6.07, 6.45) is 0. The van der Waals surface area contributed by atoms with Crippen LogP contribution in [0.4, 0.5) is 0 Å². The van der Waals surface area contributed by atoms with E-state index in [0.29, 0.717) is 27.6 Å². The predicted molar refractivity (Wildman–Crippen MR) is 120 cm³/mol. The average Bonchev–Trinajstić information content (AvgIpc) is 3.29. The lowest BCUT2D eigenvalue weighted by atomic mass is 10.0. The number of aromatic nitrogens is 1. The van der Waals surface area contributed by atoms with E-state index in [1.807, 2.05) is 78.9 Å². The molecule has 30 heavy (non-hydrogen) atoms. The van der Waals surface area contributed by atoms with E-state index >= 15 is 0 Å². The van der Waals surface area contributed by atoms with E-state index in [1.54, 1.807) is 4.57 Å². The highest BCUT2D eigenvalue weighted by atomic mass is 32.2. The highest BCUT2D eigenvalue weighted by Gasteiger charge is 2.36. The zero-order chi connectivity index (χ0) is 20.5. The van der Waals surface area contributed by atoms with Crippen LogP contribution in [0.3, 0.4) is 0 Å². The van der Waals surface area contributed by atoms with Crippen LogP contribution in [0.15, 0.2) is 101 Å². The summed E-state index contributed by atoms with van der Waals surface area (Å²) in [5.41, 5.74) is 4.25. The molecule has 1 N–H and O–H groups in total. The van der Waals surface area contributed by atoms with Crippen LogP contribution in [0.2, 0.25) is 0 Å². The van der Waals surface area contributed by atoms with Crippen LogP contribution < -0.4 is 0 Å². The van der Waals surface area contributed by atoms with Gasteiger partial charge in [-0.25, -0.2) is 4.99 Å². The van der Waals surface area contributed by atoms with Gasteiger partial charge in [-0.15, -0.1) is 11.8 Å². The van der Waals surface area contributed by atoms with Gasteiger partial charge in [-0.05, 0) is 17.7 Å². The molecule has 1 aromatic heterocycles. The fourth-order valence-corrected chi connectivity index (χ4v) is 4.81. The molecule has 1 aliphatic rings. The number of para-hydroxylation sites is 1. The van der Waals surface area contributed by atoms with Crippen LogP contribution in [0.1, 0.15) is 27.0 Å². The number of rotatable bonds is 5. The molecule has 0 unspecified atom stereocenters. The maximum absolute atomic E-state index is 13.0. The number of carbonyl (C=O) groups is 1. The molecular formula is C25H18N2O2S. The third-order valence-corrected chi connectivity index (χ3v) is 6.18. The second kappa shape index (κ2) is 7.69. The van der Waals surface area contributed by atoms with Crippen LogP contribution in [-0.4, -0.2) is 21.3 Å². The molecule has 0 bridgehead atoms. The molecule has 1 aliphatic heterocycles. The first kappa shape index (κ1) is 18.5. The Kier molecular flexibility index (Phi) is 4.73. The van der Waals surface area contributed by atoms with Crippen molar-refractivity contribution in [3.8, 4) is 11.6 Å². The smallest absolute Gasteiger partial charge is 0.281 e. The zero-order valence-electron chi connectivity index (χ0n) is 16.0. The standard InChI is InChI=1S/C25H18N2O2S/c28-23-21-20(22(26-23)18-12-6-2-7-13-18)24(29)27(19-14-8-3-9-15-19)25(21)30-16-17-10-4-1-5-11-17/h1-15,29H,16H2. The second-order valence-electron chi connectivity index (χ2n) is 6.96. The molecule has 4 nitrogen and oxygen atoms in total. The van der Waals surface area contributed by atoms with Crippen molar-refractivity contribution in [2.45, 2.75) is 10.8 Å². The molecule has 0 fully saturated rings. The van der Waals surface area contributed by atoms with Crippen LogP contribution in [0.5, 0.6) is 5.88 Å². The van der Waals surface area contributed by atoms with E-state index in [0.717, 1.165) is 16.8 Å². The number of fused-ring (bicyclic) bond motifs is 1. The number of thioether (sulfide) groups is 1. The topological polar surface area (TPSA) is 54.6 Å². The SMILES string of the molecule is O=C1N=C(c2ccccc2)c2c1c(SCc1ccccc1)n(-c1ccccc1)c2O. The molecule has 0 radical (unpaired) electrons. The minimum absolute atomic E-state index is 0.0419. The minimum atomic E-state index is -0.315. The molecule has 5 rings (SSSR count). The number of carbonyl (C=O) groups excluding carboxylic acids is 1. The first-order chi connectivity index (χ1) is 14.7. The van der Waals surface area contributed by atoms with Crippen molar-refractivity contribution in [2.75, 3.05) is 0 Å². The summed E-state index contributed by atoms with van der Waals surface area (Å²) in [4.78, 5) is 17.2. The minimum Gasteiger partial charge on any atom is -0.494 e. The third-order valence-electron chi connectivity index (χ3n) is 5.05. The van der Waals surface area contributed by atoms with Crippen LogP contribution >= 0.6 is 11.8 Å². The third kappa shape index (κ3) is 3.13. The fraction of sp³-hybridized carbons (Fsp3) is 0.0400. The molecule has 1 amide bonds. The van der Waals surface area contributed by atoms with E-state index in [-0.39, 0.29) is 11.8 Å². The summed E-state index contributed by atoms with van der Waals surface area (Å²) in [6.45, 7) is 0. The van der Waals surface area contributed by atoms with E-state index in [9.17, 15) is 9.90 Å². The van der Waals surface area contributed by atoms with Crippen molar-refractivity contribution in [1.29, 1.82) is 0 Å². The van der Waals surface area contributed by atoms with Crippen molar-refractivity contribution >= 4 is 23.4 Å². The number of hydrogen-bond donors (Lipinski definition) is 1. The number of nitrogens with zero attached hydrogens (tertiary/aromatic N) is 2. The van der Waals surface area contributed by atoms with Crippen molar-refractivity contribution in [2.24, 2.45) is 4.99 Å². The highest BCUT2D eigenvalue weighted by Crippen LogP contribution is 2.43. The van der Waals surface area contributed by atoms with Crippen molar-refractivity contribution in [3.05, 3.63) is 113 Å². The van der Waals surface area contributed by atoms with Gasteiger partial charge >= 0.3 is 0 Å². The highest BCUT2D eigenvalue weighted by molar-refractivity contribution is 7.98. The predicted octanol–water partition coefficient (Wildman–Crippen LogP) is 5.47.